The average molecular weight is 231 g/mol. The summed E-state index contributed by atoms with van der Waals surface area (Å²) in [6, 6.07) is 8.40. The van der Waals surface area contributed by atoms with Gasteiger partial charge >= 0.3 is 0 Å². The summed E-state index contributed by atoms with van der Waals surface area (Å²) < 4.78 is 0. The van der Waals surface area contributed by atoms with Gasteiger partial charge < -0.3 is 10.2 Å². The lowest BCUT2D eigenvalue weighted by atomic mass is 10.1. The molecule has 3 nitrogen and oxygen atoms in total. The summed E-state index contributed by atoms with van der Waals surface area (Å²) >= 11 is 0. The fraction of sp³-hybridized carbons (Fsp3) is 0.500. The number of anilines is 1. The standard InChI is InChI=1S/C14H21N3/c1-11-6-5-7-13(10-15)14(11)16-12(2)8-9-17(3)4/h5-7,12,16H,8-9H2,1-4H3. The maximum absolute atomic E-state index is 9.08. The van der Waals surface area contributed by atoms with Crippen LogP contribution in [0.2, 0.25) is 0 Å². The second kappa shape index (κ2) is 6.27. The molecule has 1 unspecified atom stereocenters. The van der Waals surface area contributed by atoms with Crippen LogP contribution in [0.25, 0.3) is 0 Å². The molecule has 0 aliphatic heterocycles. The number of nitriles is 1. The van der Waals surface area contributed by atoms with E-state index in [0.717, 1.165) is 29.8 Å². The highest BCUT2D eigenvalue weighted by Crippen LogP contribution is 2.21. The lowest BCUT2D eigenvalue weighted by Gasteiger charge is -2.19. The van der Waals surface area contributed by atoms with Crippen LogP contribution in [0, 0.1) is 18.3 Å². The van der Waals surface area contributed by atoms with Crippen LogP contribution < -0.4 is 5.32 Å². The molecule has 0 bridgehead atoms. The maximum atomic E-state index is 9.08. The summed E-state index contributed by atoms with van der Waals surface area (Å²) in [4.78, 5) is 2.17. The van der Waals surface area contributed by atoms with Crippen molar-refractivity contribution in [1.29, 1.82) is 5.26 Å². The fourth-order valence-electron chi connectivity index (χ4n) is 1.72. The molecule has 0 amide bonds. The van der Waals surface area contributed by atoms with Gasteiger partial charge in [0.1, 0.15) is 6.07 Å². The zero-order valence-electron chi connectivity index (χ0n) is 11.1. The minimum Gasteiger partial charge on any atom is -0.381 e. The molecule has 1 aromatic rings. The molecule has 0 aromatic heterocycles. The summed E-state index contributed by atoms with van der Waals surface area (Å²) in [5.41, 5.74) is 2.82. The first-order chi connectivity index (χ1) is 8.04. The molecule has 0 spiro atoms. The minimum atomic E-state index is 0.366. The fourth-order valence-corrected chi connectivity index (χ4v) is 1.72. The Labute approximate surface area is 104 Å². The Hall–Kier alpha value is -1.53. The van der Waals surface area contributed by atoms with Gasteiger partial charge in [-0.2, -0.15) is 5.26 Å². The summed E-state index contributed by atoms with van der Waals surface area (Å²) in [5.74, 6) is 0. The van der Waals surface area contributed by atoms with Crippen molar-refractivity contribution in [3.05, 3.63) is 29.3 Å². The van der Waals surface area contributed by atoms with Gasteiger partial charge in [0.15, 0.2) is 0 Å². The Kier molecular flexibility index (Phi) is 4.99. The molecule has 0 heterocycles. The topological polar surface area (TPSA) is 39.1 Å². The van der Waals surface area contributed by atoms with E-state index in [1.807, 2.05) is 25.1 Å². The SMILES string of the molecule is Cc1cccc(C#N)c1NC(C)CCN(C)C. The van der Waals surface area contributed by atoms with Crippen molar-refractivity contribution in [3.63, 3.8) is 0 Å². The van der Waals surface area contributed by atoms with Crippen LogP contribution in [0.5, 0.6) is 0 Å². The van der Waals surface area contributed by atoms with Gasteiger partial charge in [-0.15, -0.1) is 0 Å². The highest BCUT2D eigenvalue weighted by atomic mass is 15.1. The third-order valence-electron chi connectivity index (χ3n) is 2.79. The normalized spacial score (nSPS) is 12.2. The molecule has 0 fully saturated rings. The zero-order chi connectivity index (χ0) is 12.8. The molecule has 3 heteroatoms. The van der Waals surface area contributed by atoms with Gasteiger partial charge in [-0.3, -0.25) is 0 Å². The van der Waals surface area contributed by atoms with Crippen molar-refractivity contribution in [2.45, 2.75) is 26.3 Å². The first-order valence-electron chi connectivity index (χ1n) is 5.95. The average Bonchev–Trinajstić information content (AvgIpc) is 2.29. The van der Waals surface area contributed by atoms with Crippen LogP contribution in [-0.4, -0.2) is 31.6 Å². The predicted octanol–water partition coefficient (Wildman–Crippen LogP) is 2.62. The number of hydrogen-bond donors (Lipinski definition) is 1. The molecule has 1 atom stereocenters. The third-order valence-corrected chi connectivity index (χ3v) is 2.79. The molecule has 0 radical (unpaired) electrons. The molecule has 0 aliphatic rings. The van der Waals surface area contributed by atoms with Crippen molar-refractivity contribution in [1.82, 2.24) is 4.90 Å². The van der Waals surface area contributed by atoms with Gasteiger partial charge in [-0.25, -0.2) is 0 Å². The first kappa shape index (κ1) is 13.5. The quantitative estimate of drug-likeness (QED) is 0.846. The third kappa shape index (κ3) is 4.08. The number of rotatable bonds is 5. The van der Waals surface area contributed by atoms with E-state index in [9.17, 15) is 0 Å². The Bertz CT molecular complexity index is 404. The Morgan fingerprint density at radius 1 is 1.41 bits per heavy atom. The summed E-state index contributed by atoms with van der Waals surface area (Å²) in [5, 5.41) is 12.5. The number of nitrogens with one attached hydrogen (secondary N) is 1. The van der Waals surface area contributed by atoms with Crippen LogP contribution in [-0.2, 0) is 0 Å². The first-order valence-corrected chi connectivity index (χ1v) is 5.95. The molecule has 92 valence electrons. The lowest BCUT2D eigenvalue weighted by molar-refractivity contribution is 0.390. The second-order valence-electron chi connectivity index (χ2n) is 4.75. The maximum Gasteiger partial charge on any atom is 0.101 e. The summed E-state index contributed by atoms with van der Waals surface area (Å²) in [7, 11) is 4.14. The molecule has 0 saturated carbocycles. The summed E-state index contributed by atoms with van der Waals surface area (Å²) in [6.07, 6.45) is 1.06. The van der Waals surface area contributed by atoms with Crippen LogP contribution in [0.1, 0.15) is 24.5 Å². The predicted molar refractivity (Wildman–Crippen MR) is 72.1 cm³/mol. The molecule has 1 rings (SSSR count). The van der Waals surface area contributed by atoms with Crippen molar-refractivity contribution in [2.75, 3.05) is 26.0 Å². The van der Waals surface area contributed by atoms with E-state index in [2.05, 4.69) is 37.3 Å². The molecule has 1 aromatic carbocycles. The van der Waals surface area contributed by atoms with Crippen molar-refractivity contribution >= 4 is 5.69 Å². The molecule has 1 N–H and O–H groups in total. The van der Waals surface area contributed by atoms with Crippen molar-refractivity contribution in [3.8, 4) is 6.07 Å². The van der Waals surface area contributed by atoms with E-state index in [1.165, 1.54) is 0 Å². The molecule has 0 saturated heterocycles. The molecule has 0 aliphatic carbocycles. The van der Waals surface area contributed by atoms with Crippen LogP contribution >= 0.6 is 0 Å². The Morgan fingerprint density at radius 3 is 2.71 bits per heavy atom. The highest BCUT2D eigenvalue weighted by molar-refractivity contribution is 5.62. The van der Waals surface area contributed by atoms with Crippen LogP contribution in [0.15, 0.2) is 18.2 Å². The van der Waals surface area contributed by atoms with Gasteiger partial charge in [0.2, 0.25) is 0 Å². The van der Waals surface area contributed by atoms with E-state index in [0.29, 0.717) is 6.04 Å². The van der Waals surface area contributed by atoms with E-state index in [-0.39, 0.29) is 0 Å². The number of benzene rings is 1. The lowest BCUT2D eigenvalue weighted by Crippen LogP contribution is -2.23. The smallest absolute Gasteiger partial charge is 0.101 e. The van der Waals surface area contributed by atoms with E-state index in [1.54, 1.807) is 0 Å². The van der Waals surface area contributed by atoms with Gasteiger partial charge in [-0.1, -0.05) is 12.1 Å². The molecular formula is C14H21N3. The Morgan fingerprint density at radius 2 is 2.12 bits per heavy atom. The number of nitrogens with zero attached hydrogens (tertiary/aromatic N) is 2. The van der Waals surface area contributed by atoms with Gasteiger partial charge in [0.25, 0.3) is 0 Å². The largest absolute Gasteiger partial charge is 0.381 e. The van der Waals surface area contributed by atoms with Crippen molar-refractivity contribution in [2.24, 2.45) is 0 Å². The Balaban J connectivity index is 2.71. The van der Waals surface area contributed by atoms with Crippen LogP contribution in [0.3, 0.4) is 0 Å². The van der Waals surface area contributed by atoms with Gasteiger partial charge in [0, 0.05) is 6.04 Å². The zero-order valence-corrected chi connectivity index (χ0v) is 11.1. The number of hydrogen-bond acceptors (Lipinski definition) is 3. The van der Waals surface area contributed by atoms with Crippen molar-refractivity contribution < 1.29 is 0 Å². The highest BCUT2D eigenvalue weighted by Gasteiger charge is 2.08. The summed E-state index contributed by atoms with van der Waals surface area (Å²) in [6.45, 7) is 5.22. The van der Waals surface area contributed by atoms with Crippen LogP contribution in [0.4, 0.5) is 5.69 Å². The monoisotopic (exact) mass is 231 g/mol. The number of aryl methyl sites for hydroxylation is 1. The molecule has 17 heavy (non-hydrogen) atoms. The second-order valence-corrected chi connectivity index (χ2v) is 4.75. The van der Waals surface area contributed by atoms with Gasteiger partial charge in [0.05, 0.1) is 11.3 Å². The molecular weight excluding hydrogens is 210 g/mol. The number of para-hydroxylation sites is 1. The van der Waals surface area contributed by atoms with Gasteiger partial charge in [-0.05, 0) is 52.5 Å². The minimum absolute atomic E-state index is 0.366. The van der Waals surface area contributed by atoms with E-state index >= 15 is 0 Å². The van der Waals surface area contributed by atoms with E-state index < -0.39 is 0 Å². The van der Waals surface area contributed by atoms with E-state index in [4.69, 9.17) is 5.26 Å².